The summed E-state index contributed by atoms with van der Waals surface area (Å²) in [4.78, 5) is 16.5. The molecule has 2 aromatic rings. The van der Waals surface area contributed by atoms with Crippen LogP contribution in [-0.2, 0) is 0 Å². The van der Waals surface area contributed by atoms with Crippen molar-refractivity contribution in [1.82, 2.24) is 24.5 Å². The number of hydrogen-bond acceptors (Lipinski definition) is 6. The van der Waals surface area contributed by atoms with E-state index in [9.17, 15) is 0 Å². The molecule has 0 fully saturated rings. The third-order valence-electron chi connectivity index (χ3n) is 2.70. The number of anilines is 2. The summed E-state index contributed by atoms with van der Waals surface area (Å²) in [5.41, 5.74) is 5.63. The molecule has 2 heterocycles. The van der Waals surface area contributed by atoms with E-state index in [-0.39, 0.29) is 11.5 Å². The van der Waals surface area contributed by atoms with Gasteiger partial charge < -0.3 is 11.1 Å². The summed E-state index contributed by atoms with van der Waals surface area (Å²) in [5, 5.41) is 3.29. The summed E-state index contributed by atoms with van der Waals surface area (Å²) < 4.78 is 1.69. The molecule has 0 bridgehead atoms. The zero-order chi connectivity index (χ0) is 13.9. The second-order valence-electron chi connectivity index (χ2n) is 5.05. The zero-order valence-electron chi connectivity index (χ0n) is 11.5. The van der Waals surface area contributed by atoms with E-state index in [4.69, 9.17) is 5.73 Å². The van der Waals surface area contributed by atoms with Gasteiger partial charge in [0, 0.05) is 17.9 Å². The second kappa shape index (κ2) is 5.21. The molecule has 7 heteroatoms. The maximum Gasteiger partial charge on any atom is 0.241 e. The number of aromatic nitrogens is 5. The third kappa shape index (κ3) is 3.40. The number of nitrogens with zero attached hydrogens (tertiary/aromatic N) is 5. The Kier molecular flexibility index (Phi) is 3.64. The summed E-state index contributed by atoms with van der Waals surface area (Å²) in [5.74, 6) is 1.13. The number of hydrogen-bond donors (Lipinski definition) is 2. The molecule has 0 spiro atoms. The van der Waals surface area contributed by atoms with E-state index in [0.29, 0.717) is 11.9 Å². The van der Waals surface area contributed by atoms with E-state index in [1.165, 1.54) is 0 Å². The van der Waals surface area contributed by atoms with E-state index in [1.54, 1.807) is 23.3 Å². The highest BCUT2D eigenvalue weighted by molar-refractivity contribution is 5.37. The smallest absolute Gasteiger partial charge is 0.241 e. The molecule has 0 radical (unpaired) electrons. The Balaban J connectivity index is 2.27. The molecule has 7 nitrogen and oxygen atoms in total. The van der Waals surface area contributed by atoms with Crippen LogP contribution < -0.4 is 11.1 Å². The van der Waals surface area contributed by atoms with Crippen LogP contribution >= 0.6 is 0 Å². The Bertz CT molecular complexity index is 533. The second-order valence-corrected chi connectivity index (χ2v) is 5.05. The monoisotopic (exact) mass is 261 g/mol. The molecule has 0 saturated carbocycles. The summed E-state index contributed by atoms with van der Waals surface area (Å²) >= 11 is 0. The van der Waals surface area contributed by atoms with Crippen molar-refractivity contribution in [2.45, 2.75) is 39.2 Å². The van der Waals surface area contributed by atoms with Crippen molar-refractivity contribution in [3.05, 3.63) is 18.7 Å². The molecule has 0 unspecified atom stereocenters. The van der Waals surface area contributed by atoms with Crippen LogP contribution in [0.3, 0.4) is 0 Å². The lowest BCUT2D eigenvalue weighted by Crippen LogP contribution is -2.31. The van der Waals surface area contributed by atoms with Gasteiger partial charge in [0.2, 0.25) is 17.8 Å². The molecule has 0 aliphatic heterocycles. The molecule has 0 atom stereocenters. The summed E-state index contributed by atoms with van der Waals surface area (Å²) in [7, 11) is 0. The zero-order valence-corrected chi connectivity index (χ0v) is 11.5. The number of imidazole rings is 1. The highest BCUT2D eigenvalue weighted by Crippen LogP contribution is 2.17. The average molecular weight is 261 g/mol. The van der Waals surface area contributed by atoms with Gasteiger partial charge in [-0.15, -0.1) is 0 Å². The Labute approximate surface area is 112 Å². The van der Waals surface area contributed by atoms with E-state index in [0.717, 1.165) is 12.8 Å². The first-order valence-electron chi connectivity index (χ1n) is 6.28. The summed E-state index contributed by atoms with van der Waals surface area (Å²) in [6, 6.07) is 0. The van der Waals surface area contributed by atoms with Crippen molar-refractivity contribution < 1.29 is 0 Å². The molecule has 0 amide bonds. The van der Waals surface area contributed by atoms with Gasteiger partial charge in [-0.2, -0.15) is 15.0 Å². The topological polar surface area (TPSA) is 94.5 Å². The van der Waals surface area contributed by atoms with E-state index >= 15 is 0 Å². The Hall–Kier alpha value is -2.18. The SMILES string of the molecule is CCCC(C)(C)Nc1nc(N)nc(-n2ccnc2)n1. The fourth-order valence-electron chi connectivity index (χ4n) is 1.92. The lowest BCUT2D eigenvalue weighted by molar-refractivity contribution is 0.506. The third-order valence-corrected chi connectivity index (χ3v) is 2.70. The highest BCUT2D eigenvalue weighted by atomic mass is 15.3. The minimum atomic E-state index is -0.0885. The maximum absolute atomic E-state index is 5.72. The molecule has 19 heavy (non-hydrogen) atoms. The minimum Gasteiger partial charge on any atom is -0.368 e. The van der Waals surface area contributed by atoms with Crippen molar-refractivity contribution >= 4 is 11.9 Å². The molecule has 0 aliphatic rings. The van der Waals surface area contributed by atoms with Gasteiger partial charge in [-0.1, -0.05) is 13.3 Å². The molecule has 0 aromatic carbocycles. The fraction of sp³-hybridized carbons (Fsp3) is 0.500. The fourth-order valence-corrected chi connectivity index (χ4v) is 1.92. The minimum absolute atomic E-state index is 0.0885. The first-order chi connectivity index (χ1) is 9.00. The molecule has 0 aliphatic carbocycles. The van der Waals surface area contributed by atoms with Crippen molar-refractivity contribution in [3.8, 4) is 5.95 Å². The molecule has 0 saturated heterocycles. The normalized spacial score (nSPS) is 11.5. The van der Waals surface area contributed by atoms with Gasteiger partial charge >= 0.3 is 0 Å². The summed E-state index contributed by atoms with van der Waals surface area (Å²) in [6.07, 6.45) is 7.13. The van der Waals surface area contributed by atoms with Crippen molar-refractivity contribution in [2.75, 3.05) is 11.1 Å². The first-order valence-corrected chi connectivity index (χ1v) is 6.28. The van der Waals surface area contributed by atoms with Gasteiger partial charge in [-0.3, -0.25) is 4.57 Å². The lowest BCUT2D eigenvalue weighted by Gasteiger charge is -2.25. The molecule has 102 valence electrons. The van der Waals surface area contributed by atoms with Crippen molar-refractivity contribution in [1.29, 1.82) is 0 Å². The number of rotatable bonds is 5. The molecule has 2 rings (SSSR count). The van der Waals surface area contributed by atoms with Crippen LogP contribution in [0.15, 0.2) is 18.7 Å². The van der Waals surface area contributed by atoms with Crippen molar-refractivity contribution in [2.24, 2.45) is 0 Å². The lowest BCUT2D eigenvalue weighted by atomic mass is 9.99. The number of nitrogens with two attached hydrogens (primary N) is 1. The van der Waals surface area contributed by atoms with Crippen LogP contribution in [0.2, 0.25) is 0 Å². The standard InChI is InChI=1S/C12H19N7/c1-4-5-12(2,3)18-10-15-9(13)16-11(17-10)19-7-6-14-8-19/h6-8H,4-5H2,1-3H3,(H3,13,15,16,17,18). The van der Waals surface area contributed by atoms with Crippen molar-refractivity contribution in [3.63, 3.8) is 0 Å². The molecular weight excluding hydrogens is 242 g/mol. The van der Waals surface area contributed by atoms with E-state index in [1.807, 2.05) is 0 Å². The quantitative estimate of drug-likeness (QED) is 0.849. The number of nitrogens with one attached hydrogen (secondary N) is 1. The van der Waals surface area contributed by atoms with Crippen LogP contribution in [0, 0.1) is 0 Å². The van der Waals surface area contributed by atoms with Gasteiger partial charge in [0.25, 0.3) is 0 Å². The largest absolute Gasteiger partial charge is 0.368 e. The Morgan fingerprint density at radius 1 is 1.32 bits per heavy atom. The number of nitrogen functional groups attached to an aromatic ring is 1. The predicted octanol–water partition coefficient (Wildman–Crippen LogP) is 1.63. The first kappa shape index (κ1) is 13.3. The Morgan fingerprint density at radius 2 is 2.11 bits per heavy atom. The van der Waals surface area contributed by atoms with Gasteiger partial charge in [0.05, 0.1) is 0 Å². The average Bonchev–Trinajstić information content (AvgIpc) is 2.80. The predicted molar refractivity (Wildman–Crippen MR) is 74.0 cm³/mol. The van der Waals surface area contributed by atoms with E-state index in [2.05, 4.69) is 46.0 Å². The Morgan fingerprint density at radius 3 is 2.74 bits per heavy atom. The van der Waals surface area contributed by atoms with E-state index < -0.39 is 0 Å². The molecule has 2 aromatic heterocycles. The van der Waals surface area contributed by atoms with Crippen LogP contribution in [-0.4, -0.2) is 30.0 Å². The summed E-state index contributed by atoms with van der Waals surface area (Å²) in [6.45, 7) is 6.35. The van der Waals surface area contributed by atoms with Crippen LogP contribution in [0.25, 0.3) is 5.95 Å². The molecular formula is C12H19N7. The van der Waals surface area contributed by atoms with Crippen LogP contribution in [0.1, 0.15) is 33.6 Å². The van der Waals surface area contributed by atoms with Gasteiger partial charge in [0.15, 0.2) is 0 Å². The van der Waals surface area contributed by atoms with Crippen LogP contribution in [0.4, 0.5) is 11.9 Å². The highest BCUT2D eigenvalue weighted by Gasteiger charge is 2.18. The van der Waals surface area contributed by atoms with Gasteiger partial charge in [-0.25, -0.2) is 4.98 Å². The van der Waals surface area contributed by atoms with Gasteiger partial charge in [-0.05, 0) is 20.3 Å². The molecule has 3 N–H and O–H groups in total. The van der Waals surface area contributed by atoms with Gasteiger partial charge in [0.1, 0.15) is 6.33 Å². The maximum atomic E-state index is 5.72. The van der Waals surface area contributed by atoms with Crippen LogP contribution in [0.5, 0.6) is 0 Å².